The van der Waals surface area contributed by atoms with Crippen LogP contribution in [0.5, 0.6) is 23.0 Å². The number of pyridine rings is 1. The summed E-state index contributed by atoms with van der Waals surface area (Å²) < 4.78 is 35.1. The predicted octanol–water partition coefficient (Wildman–Crippen LogP) is 7.74. The Balaban J connectivity index is 0.995. The first-order chi connectivity index (χ1) is 33.3. The molecule has 0 spiro atoms. The first-order valence-electron chi connectivity index (χ1n) is 22.7. The van der Waals surface area contributed by atoms with Crippen LogP contribution in [-0.2, 0) is 9.47 Å². The summed E-state index contributed by atoms with van der Waals surface area (Å²) in [5.74, 6) is 0.171. The van der Waals surface area contributed by atoms with Crippen molar-refractivity contribution in [1.82, 2.24) is 14.8 Å². The molecule has 0 saturated carbocycles. The Labute approximate surface area is 413 Å². The van der Waals surface area contributed by atoms with Gasteiger partial charge in [0.1, 0.15) is 16.8 Å². The van der Waals surface area contributed by atoms with Crippen LogP contribution in [0.1, 0.15) is 86.9 Å². The molecule has 5 heterocycles. The van der Waals surface area contributed by atoms with E-state index in [1.807, 2.05) is 6.92 Å². The molecule has 0 radical (unpaired) electrons. The summed E-state index contributed by atoms with van der Waals surface area (Å²) in [4.78, 5) is 75.3. The SMILES string of the molecule is C=C1C[C@H]2[C@H](O)N(C(=O)OCC[C@@H](C)SSc3ccc([N+](=O)[O-])cn3)c3cc(OCCCCCOc4cc5c(cc4OC)C(=O)N4CC(=C)C[C@H]4[C@H](O)N5C(=O)OC(C)(C)C)c(OC)cc3C(=O)N2C1. The molecular formula is C48H58N6O14S2. The van der Waals surface area contributed by atoms with E-state index in [4.69, 9.17) is 28.4 Å². The Morgan fingerprint density at radius 1 is 0.814 bits per heavy atom. The van der Waals surface area contributed by atoms with Gasteiger partial charge >= 0.3 is 12.2 Å². The fourth-order valence-electron chi connectivity index (χ4n) is 8.52. The average Bonchev–Trinajstić information content (AvgIpc) is 3.88. The standard InChI is InChI=1S/C48H58N6O14S2/c1-27-18-35-44(57)52(46(59)67-17-14-29(3)69-70-41-13-12-30(24-49-41)54(61)62)33-22-39(37(63-7)20-31(33)42(55)50(35)25-27)65-15-10-9-11-16-66-40-23-34-32(21-38(40)64-8)43(56)51-26-28(2)19-36(51)45(58)53(34)47(60)68-48(4,5)6/h12-13,20-24,29,35-36,44-45,57-58H,1-2,9-11,14-19,25-26H2,3-8H3/t29-,35+,36+,44+,45+/m1/s1. The van der Waals surface area contributed by atoms with Gasteiger partial charge in [-0.1, -0.05) is 42.0 Å². The highest BCUT2D eigenvalue weighted by Crippen LogP contribution is 2.44. The van der Waals surface area contributed by atoms with Gasteiger partial charge in [0.15, 0.2) is 35.5 Å². The van der Waals surface area contributed by atoms with Crippen molar-refractivity contribution in [2.75, 3.05) is 56.9 Å². The van der Waals surface area contributed by atoms with E-state index >= 15 is 0 Å². The number of anilines is 2. The molecule has 4 amide bonds. The molecule has 2 aromatic carbocycles. The second kappa shape index (κ2) is 21.8. The zero-order valence-electron chi connectivity index (χ0n) is 39.9. The normalized spacial score (nSPS) is 20.2. The van der Waals surface area contributed by atoms with E-state index in [-0.39, 0.29) is 95.8 Å². The third-order valence-electron chi connectivity index (χ3n) is 11.9. The summed E-state index contributed by atoms with van der Waals surface area (Å²) in [6.45, 7) is 15.9. The number of nitro groups is 1. The van der Waals surface area contributed by atoms with Crippen LogP contribution in [-0.4, -0.2) is 136 Å². The van der Waals surface area contributed by atoms with Gasteiger partial charge in [-0.3, -0.25) is 19.7 Å². The molecule has 2 N–H and O–H groups in total. The average molecular weight is 1010 g/mol. The largest absolute Gasteiger partial charge is 0.493 e. The number of hydrogen-bond acceptors (Lipinski definition) is 17. The molecular weight excluding hydrogens is 949 g/mol. The molecule has 2 fully saturated rings. The molecule has 0 aliphatic carbocycles. The second-order valence-corrected chi connectivity index (χ2v) is 20.9. The van der Waals surface area contributed by atoms with E-state index < -0.39 is 59.1 Å². The van der Waals surface area contributed by atoms with E-state index in [9.17, 15) is 39.5 Å². The number of aromatic nitrogens is 1. The lowest BCUT2D eigenvalue weighted by molar-refractivity contribution is -0.385. The molecule has 70 heavy (non-hydrogen) atoms. The van der Waals surface area contributed by atoms with Crippen molar-refractivity contribution < 1.29 is 62.7 Å². The maximum Gasteiger partial charge on any atom is 0.417 e. The number of rotatable bonds is 17. The third-order valence-corrected chi connectivity index (χ3v) is 14.8. The molecule has 22 heteroatoms. The third kappa shape index (κ3) is 11.3. The van der Waals surface area contributed by atoms with Gasteiger partial charge in [0.05, 0.1) is 73.5 Å². The van der Waals surface area contributed by atoms with Crippen LogP contribution in [0.2, 0.25) is 0 Å². The number of nitrogens with zero attached hydrogens (tertiary/aromatic N) is 6. The predicted molar refractivity (Wildman–Crippen MR) is 261 cm³/mol. The van der Waals surface area contributed by atoms with Crippen molar-refractivity contribution in [3.05, 3.63) is 88.1 Å². The number of unbranched alkanes of at least 4 members (excludes halogenated alkanes) is 2. The maximum atomic E-state index is 14.0. The van der Waals surface area contributed by atoms with Gasteiger partial charge in [0.25, 0.3) is 17.5 Å². The van der Waals surface area contributed by atoms with Crippen molar-refractivity contribution in [3.63, 3.8) is 0 Å². The first kappa shape index (κ1) is 51.6. The van der Waals surface area contributed by atoms with Crippen molar-refractivity contribution in [2.24, 2.45) is 0 Å². The number of hydrogen-bond donors (Lipinski definition) is 2. The molecule has 20 nitrogen and oxygen atoms in total. The minimum atomic E-state index is -1.48. The summed E-state index contributed by atoms with van der Waals surface area (Å²) in [5.41, 5.74) is 0.936. The Bertz CT molecular complexity index is 2520. The number of amides is 4. The van der Waals surface area contributed by atoms with Crippen molar-refractivity contribution >= 4 is 62.7 Å². The Morgan fingerprint density at radius 2 is 1.33 bits per heavy atom. The maximum absolute atomic E-state index is 14.0. The number of benzene rings is 2. The minimum absolute atomic E-state index is 0.0133. The quantitative estimate of drug-likeness (QED) is 0.0433. The van der Waals surface area contributed by atoms with Crippen molar-refractivity contribution in [1.29, 1.82) is 0 Å². The van der Waals surface area contributed by atoms with Gasteiger partial charge in [-0.2, -0.15) is 0 Å². The number of aliphatic hydroxyl groups excluding tert-OH is 2. The number of methoxy groups -OCH3 is 2. The summed E-state index contributed by atoms with van der Waals surface area (Å²) in [6, 6.07) is 7.43. The van der Waals surface area contributed by atoms with E-state index in [2.05, 4.69) is 18.1 Å². The van der Waals surface area contributed by atoms with Crippen LogP contribution >= 0.6 is 21.6 Å². The van der Waals surface area contributed by atoms with Gasteiger partial charge in [-0.25, -0.2) is 24.4 Å². The van der Waals surface area contributed by atoms with Crippen LogP contribution in [0, 0.1) is 10.1 Å². The van der Waals surface area contributed by atoms with Gasteiger partial charge in [-0.15, -0.1) is 0 Å². The van der Waals surface area contributed by atoms with E-state index in [0.717, 1.165) is 20.9 Å². The van der Waals surface area contributed by atoms with Crippen molar-refractivity contribution in [3.8, 4) is 23.0 Å². The lowest BCUT2D eigenvalue weighted by Gasteiger charge is -2.33. The lowest BCUT2D eigenvalue weighted by atomic mass is 10.1. The van der Waals surface area contributed by atoms with E-state index in [1.54, 1.807) is 26.8 Å². The lowest BCUT2D eigenvalue weighted by Crippen LogP contribution is -2.51. The number of aliphatic hydroxyl groups is 2. The molecule has 0 bridgehead atoms. The van der Waals surface area contributed by atoms with Crippen LogP contribution in [0.3, 0.4) is 0 Å². The number of carbonyl (C=O) groups excluding carboxylic acids is 4. The second-order valence-electron chi connectivity index (χ2n) is 18.3. The van der Waals surface area contributed by atoms with E-state index in [1.165, 1.54) is 82.1 Å². The molecule has 5 atom stereocenters. The van der Waals surface area contributed by atoms with E-state index in [0.29, 0.717) is 37.1 Å². The molecule has 0 unspecified atom stereocenters. The fraction of sp³-hybridized carbons (Fsp3) is 0.479. The molecule has 1 aromatic heterocycles. The Morgan fingerprint density at radius 3 is 1.79 bits per heavy atom. The monoisotopic (exact) mass is 1010 g/mol. The zero-order chi connectivity index (χ0) is 50.6. The molecule has 4 aliphatic rings. The summed E-state index contributed by atoms with van der Waals surface area (Å²) in [5, 5.41) is 34.9. The zero-order valence-corrected chi connectivity index (χ0v) is 41.5. The molecule has 2 saturated heterocycles. The number of ether oxygens (including phenoxy) is 6. The van der Waals surface area contributed by atoms with Gasteiger partial charge in [0.2, 0.25) is 0 Å². The smallest absolute Gasteiger partial charge is 0.417 e. The first-order valence-corrected chi connectivity index (χ1v) is 24.9. The molecule has 4 aliphatic heterocycles. The molecule has 376 valence electrons. The van der Waals surface area contributed by atoms with Crippen LogP contribution in [0.25, 0.3) is 0 Å². The highest BCUT2D eigenvalue weighted by molar-refractivity contribution is 8.76. The summed E-state index contributed by atoms with van der Waals surface area (Å²) >= 11 is 0. The summed E-state index contributed by atoms with van der Waals surface area (Å²) in [6.07, 6.45) is -0.674. The fourth-order valence-corrected chi connectivity index (χ4v) is 10.6. The van der Waals surface area contributed by atoms with Gasteiger partial charge < -0.3 is 48.4 Å². The highest BCUT2D eigenvalue weighted by atomic mass is 33.1. The molecule has 7 rings (SSSR count). The van der Waals surface area contributed by atoms with Crippen molar-refractivity contribution in [2.45, 2.75) is 107 Å². The highest BCUT2D eigenvalue weighted by Gasteiger charge is 2.48. The van der Waals surface area contributed by atoms with Gasteiger partial charge in [0, 0.05) is 36.5 Å². The van der Waals surface area contributed by atoms with Gasteiger partial charge in [-0.05, 0) is 88.3 Å². The Kier molecular flexibility index (Phi) is 16.1. The summed E-state index contributed by atoms with van der Waals surface area (Å²) in [7, 11) is 5.67. The minimum Gasteiger partial charge on any atom is -0.493 e. The topological polar surface area (TPSA) is 233 Å². The van der Waals surface area contributed by atoms with Crippen LogP contribution < -0.4 is 28.7 Å². The number of carbonyl (C=O) groups is 4. The Hall–Kier alpha value is -6.23. The van der Waals surface area contributed by atoms with Crippen LogP contribution in [0.4, 0.5) is 26.7 Å². The van der Waals surface area contributed by atoms with Crippen LogP contribution in [0.15, 0.2) is 71.9 Å². The molecule has 3 aromatic rings. The number of fused-ring (bicyclic) bond motifs is 4.